The second kappa shape index (κ2) is 5.08. The van der Waals surface area contributed by atoms with Gasteiger partial charge in [-0.3, -0.25) is 4.79 Å². The third kappa shape index (κ3) is 2.48. The van der Waals surface area contributed by atoms with Gasteiger partial charge >= 0.3 is 5.97 Å². The minimum Gasteiger partial charge on any atom is -0.479 e. The van der Waals surface area contributed by atoms with E-state index in [1.807, 2.05) is 0 Å². The smallest absolute Gasteiger partial charge is 0.333 e. The maximum absolute atomic E-state index is 11.5. The van der Waals surface area contributed by atoms with E-state index in [0.29, 0.717) is 11.3 Å². The van der Waals surface area contributed by atoms with Crippen molar-refractivity contribution < 1.29 is 14.7 Å². The van der Waals surface area contributed by atoms with Crippen molar-refractivity contribution in [1.82, 2.24) is 25.5 Å². The topological polar surface area (TPSA) is 110 Å². The number of aliphatic carboxylic acids is 1. The predicted octanol–water partition coefficient (Wildman–Crippen LogP) is 0.0982. The van der Waals surface area contributed by atoms with Gasteiger partial charge in [0.15, 0.2) is 5.54 Å². The Kier molecular flexibility index (Phi) is 3.47. The highest BCUT2D eigenvalue weighted by Gasteiger charge is 2.36. The molecular weight excluding hydrogens is 262 g/mol. The van der Waals surface area contributed by atoms with Gasteiger partial charge in [-0.1, -0.05) is 12.1 Å². The van der Waals surface area contributed by atoms with Crippen LogP contribution in [0.15, 0.2) is 30.6 Å². The number of aromatic nitrogens is 4. The number of carboxylic acids is 1. The molecule has 0 bridgehead atoms. The average Bonchev–Trinajstić information content (AvgIpc) is 2.91. The number of amides is 1. The third-order valence-electron chi connectivity index (χ3n) is 2.89. The van der Waals surface area contributed by atoms with Crippen LogP contribution in [0.1, 0.15) is 19.4 Å². The van der Waals surface area contributed by atoms with Crippen molar-refractivity contribution in [3.8, 4) is 5.69 Å². The molecule has 104 valence electrons. The Morgan fingerprint density at radius 1 is 1.40 bits per heavy atom. The van der Waals surface area contributed by atoms with E-state index >= 15 is 0 Å². The first kappa shape index (κ1) is 13.7. The average molecular weight is 275 g/mol. The molecule has 1 aromatic heterocycles. The van der Waals surface area contributed by atoms with E-state index in [-0.39, 0.29) is 0 Å². The van der Waals surface area contributed by atoms with Gasteiger partial charge in [0.1, 0.15) is 6.33 Å². The van der Waals surface area contributed by atoms with Crippen LogP contribution in [0.2, 0.25) is 0 Å². The van der Waals surface area contributed by atoms with Crippen molar-refractivity contribution in [1.29, 1.82) is 0 Å². The first-order valence-corrected chi connectivity index (χ1v) is 5.79. The summed E-state index contributed by atoms with van der Waals surface area (Å²) < 4.78 is 1.40. The third-order valence-corrected chi connectivity index (χ3v) is 2.89. The Bertz CT molecular complexity index is 640. The van der Waals surface area contributed by atoms with Gasteiger partial charge in [-0.25, -0.2) is 9.48 Å². The molecule has 20 heavy (non-hydrogen) atoms. The SMILES string of the molecule is CC(=O)NC(C)(C(=O)O)c1cccc(-n2cnnn2)c1. The van der Waals surface area contributed by atoms with Crippen molar-refractivity contribution in [2.24, 2.45) is 0 Å². The Balaban J connectivity index is 2.47. The van der Waals surface area contributed by atoms with Gasteiger partial charge in [0.05, 0.1) is 5.69 Å². The molecule has 2 aromatic rings. The number of nitrogens with zero attached hydrogens (tertiary/aromatic N) is 4. The second-order valence-electron chi connectivity index (χ2n) is 4.42. The van der Waals surface area contributed by atoms with Crippen LogP contribution in [0.4, 0.5) is 0 Å². The van der Waals surface area contributed by atoms with E-state index in [1.165, 1.54) is 24.9 Å². The number of carboxylic acid groups (broad SMARTS) is 1. The molecule has 0 aliphatic rings. The number of benzene rings is 1. The monoisotopic (exact) mass is 275 g/mol. The van der Waals surface area contributed by atoms with Crippen LogP contribution in [0.3, 0.4) is 0 Å². The molecule has 0 spiro atoms. The van der Waals surface area contributed by atoms with E-state index in [2.05, 4.69) is 20.8 Å². The molecule has 0 fully saturated rings. The number of hydrogen-bond donors (Lipinski definition) is 2. The van der Waals surface area contributed by atoms with Gasteiger partial charge in [0.2, 0.25) is 5.91 Å². The van der Waals surface area contributed by atoms with Crippen molar-refractivity contribution >= 4 is 11.9 Å². The highest BCUT2D eigenvalue weighted by molar-refractivity contribution is 5.87. The van der Waals surface area contributed by atoms with E-state index in [1.54, 1.807) is 24.3 Å². The van der Waals surface area contributed by atoms with Crippen LogP contribution >= 0.6 is 0 Å². The minimum atomic E-state index is -1.52. The Morgan fingerprint density at radius 3 is 2.70 bits per heavy atom. The second-order valence-corrected chi connectivity index (χ2v) is 4.42. The summed E-state index contributed by atoms with van der Waals surface area (Å²) in [6, 6.07) is 6.64. The van der Waals surface area contributed by atoms with E-state index in [0.717, 1.165) is 0 Å². The molecule has 1 atom stereocenters. The quantitative estimate of drug-likeness (QED) is 0.818. The number of carbonyl (C=O) groups is 2. The van der Waals surface area contributed by atoms with Gasteiger partial charge in [-0.05, 0) is 35.0 Å². The van der Waals surface area contributed by atoms with Gasteiger partial charge in [-0.15, -0.1) is 5.10 Å². The number of nitrogens with one attached hydrogen (secondary N) is 1. The Labute approximate surface area is 114 Å². The largest absolute Gasteiger partial charge is 0.479 e. The predicted molar refractivity (Wildman–Crippen MR) is 68.0 cm³/mol. The molecule has 0 radical (unpaired) electrons. The highest BCUT2D eigenvalue weighted by atomic mass is 16.4. The minimum absolute atomic E-state index is 0.424. The zero-order chi connectivity index (χ0) is 14.8. The van der Waals surface area contributed by atoms with E-state index < -0.39 is 17.4 Å². The molecule has 0 aliphatic carbocycles. The number of tetrazole rings is 1. The first-order chi connectivity index (χ1) is 9.43. The fourth-order valence-corrected chi connectivity index (χ4v) is 1.84. The molecule has 8 heteroatoms. The van der Waals surface area contributed by atoms with E-state index in [4.69, 9.17) is 0 Å². The van der Waals surface area contributed by atoms with Crippen molar-refractivity contribution in [2.45, 2.75) is 19.4 Å². The lowest BCUT2D eigenvalue weighted by Gasteiger charge is -2.26. The Hall–Kier alpha value is -2.77. The summed E-state index contributed by atoms with van der Waals surface area (Å²) in [4.78, 5) is 22.7. The molecule has 2 N–H and O–H groups in total. The first-order valence-electron chi connectivity index (χ1n) is 5.79. The zero-order valence-corrected chi connectivity index (χ0v) is 10.9. The fourth-order valence-electron chi connectivity index (χ4n) is 1.84. The summed E-state index contributed by atoms with van der Waals surface area (Å²) in [7, 11) is 0. The maximum atomic E-state index is 11.5. The van der Waals surface area contributed by atoms with Crippen LogP contribution in [-0.4, -0.2) is 37.2 Å². The van der Waals surface area contributed by atoms with Crippen LogP contribution in [-0.2, 0) is 15.1 Å². The Morgan fingerprint density at radius 2 is 2.15 bits per heavy atom. The highest BCUT2D eigenvalue weighted by Crippen LogP contribution is 2.23. The van der Waals surface area contributed by atoms with Crippen LogP contribution in [0, 0.1) is 0 Å². The van der Waals surface area contributed by atoms with Crippen molar-refractivity contribution in [2.75, 3.05) is 0 Å². The maximum Gasteiger partial charge on any atom is 0.333 e. The van der Waals surface area contributed by atoms with Crippen molar-refractivity contribution in [3.05, 3.63) is 36.2 Å². The molecule has 1 unspecified atom stereocenters. The van der Waals surface area contributed by atoms with Gasteiger partial charge in [0, 0.05) is 6.92 Å². The van der Waals surface area contributed by atoms with Crippen LogP contribution in [0.5, 0.6) is 0 Å². The summed E-state index contributed by atoms with van der Waals surface area (Å²) in [5, 5.41) is 22.6. The summed E-state index contributed by atoms with van der Waals surface area (Å²) in [5.74, 6) is -1.58. The van der Waals surface area contributed by atoms with Gasteiger partial charge in [-0.2, -0.15) is 0 Å². The molecule has 2 rings (SSSR count). The molecular formula is C12H13N5O3. The fraction of sp³-hybridized carbons (Fsp3) is 0.250. The lowest BCUT2D eigenvalue weighted by Crippen LogP contribution is -2.48. The summed E-state index contributed by atoms with van der Waals surface area (Å²) in [5.41, 5.74) is -0.492. The zero-order valence-electron chi connectivity index (χ0n) is 10.9. The molecule has 0 saturated carbocycles. The molecule has 0 saturated heterocycles. The summed E-state index contributed by atoms with van der Waals surface area (Å²) >= 11 is 0. The molecule has 1 amide bonds. The number of carbonyl (C=O) groups excluding carboxylic acids is 1. The molecule has 1 heterocycles. The summed E-state index contributed by atoms with van der Waals surface area (Å²) in [6.07, 6.45) is 1.40. The molecule has 1 aromatic carbocycles. The van der Waals surface area contributed by atoms with Crippen LogP contribution in [0.25, 0.3) is 5.69 Å². The lowest BCUT2D eigenvalue weighted by atomic mass is 9.91. The number of hydrogen-bond acceptors (Lipinski definition) is 5. The molecule has 8 nitrogen and oxygen atoms in total. The molecule has 0 aliphatic heterocycles. The summed E-state index contributed by atoms with van der Waals surface area (Å²) in [6.45, 7) is 2.70. The van der Waals surface area contributed by atoms with Crippen LogP contribution < -0.4 is 5.32 Å². The lowest BCUT2D eigenvalue weighted by molar-refractivity contribution is -0.147. The normalized spacial score (nSPS) is 13.5. The van der Waals surface area contributed by atoms with Gasteiger partial charge < -0.3 is 10.4 Å². The van der Waals surface area contributed by atoms with E-state index in [9.17, 15) is 14.7 Å². The van der Waals surface area contributed by atoms with Gasteiger partial charge in [0.25, 0.3) is 0 Å². The number of rotatable bonds is 4. The van der Waals surface area contributed by atoms with Crippen molar-refractivity contribution in [3.63, 3.8) is 0 Å². The standard InChI is InChI=1S/C12H13N5O3/c1-8(18)14-12(2,11(19)20)9-4-3-5-10(6-9)17-7-13-15-16-17/h3-7H,1-2H3,(H,14,18)(H,19,20).